The minimum atomic E-state index is 0.834. The largest absolute Gasteiger partial charge is 0.377 e. The van der Waals surface area contributed by atoms with E-state index in [4.69, 9.17) is 0 Å². The molecule has 0 saturated carbocycles. The van der Waals surface area contributed by atoms with Gasteiger partial charge in [-0.1, -0.05) is 66.7 Å². The lowest BCUT2D eigenvalue weighted by molar-refractivity contribution is -0.688. The molecule has 0 aliphatic heterocycles. The van der Waals surface area contributed by atoms with Gasteiger partial charge in [-0.3, -0.25) is 0 Å². The van der Waals surface area contributed by atoms with Crippen LogP contribution in [0.3, 0.4) is 0 Å². The molecule has 0 amide bonds. The zero-order valence-corrected chi connectivity index (χ0v) is 22.8. The summed E-state index contributed by atoms with van der Waals surface area (Å²) in [6.07, 6.45) is 8.58. The van der Waals surface area contributed by atoms with E-state index in [2.05, 4.69) is 169 Å². The van der Waals surface area contributed by atoms with Crippen molar-refractivity contribution in [3.63, 3.8) is 0 Å². The van der Waals surface area contributed by atoms with Crippen LogP contribution in [0.4, 0.5) is 11.4 Å². The molecule has 0 bridgehead atoms. The fourth-order valence-electron chi connectivity index (χ4n) is 4.74. The van der Waals surface area contributed by atoms with Crippen LogP contribution in [0.15, 0.2) is 122 Å². The summed E-state index contributed by atoms with van der Waals surface area (Å²) in [5.41, 5.74) is 9.99. The van der Waals surface area contributed by atoms with Gasteiger partial charge in [-0.25, -0.2) is 9.13 Å². The molecular formula is C34H36N4+2. The third-order valence-corrected chi connectivity index (χ3v) is 6.97. The highest BCUT2D eigenvalue weighted by Crippen LogP contribution is 2.28. The number of nitrogens with zero attached hydrogens (tertiary/aromatic N) is 4. The number of hydrogen-bond donors (Lipinski definition) is 0. The Kier molecular flexibility index (Phi) is 7.50. The summed E-state index contributed by atoms with van der Waals surface area (Å²) in [6, 6.07) is 35.1. The molecule has 4 heteroatoms. The number of hydrogen-bond acceptors (Lipinski definition) is 2. The van der Waals surface area contributed by atoms with Gasteiger partial charge in [0.1, 0.15) is 0 Å². The van der Waals surface area contributed by atoms with Crippen LogP contribution in [-0.2, 0) is 13.1 Å². The zero-order valence-electron chi connectivity index (χ0n) is 22.8. The first-order chi connectivity index (χ1) is 18.5. The van der Waals surface area contributed by atoms with Crippen LogP contribution in [0.1, 0.15) is 11.1 Å². The van der Waals surface area contributed by atoms with Gasteiger partial charge in [-0.15, -0.1) is 0 Å². The van der Waals surface area contributed by atoms with Gasteiger partial charge in [0.25, 0.3) is 0 Å². The number of anilines is 2. The quantitative estimate of drug-likeness (QED) is 0.249. The second-order valence-corrected chi connectivity index (χ2v) is 10.2. The lowest BCUT2D eigenvalue weighted by Crippen LogP contribution is -2.33. The normalized spacial score (nSPS) is 10.8. The molecule has 0 aliphatic carbocycles. The Morgan fingerprint density at radius 1 is 0.500 bits per heavy atom. The predicted octanol–water partition coefficient (Wildman–Crippen LogP) is 5.82. The summed E-state index contributed by atoms with van der Waals surface area (Å²) in [5.74, 6) is 0. The second-order valence-electron chi connectivity index (χ2n) is 10.2. The molecule has 0 radical (unpaired) electrons. The molecule has 5 aromatic rings. The van der Waals surface area contributed by atoms with Crippen LogP contribution in [-0.4, -0.2) is 28.2 Å². The Hall–Kier alpha value is -4.44. The average Bonchev–Trinajstić information content (AvgIpc) is 2.94. The number of rotatable bonds is 8. The summed E-state index contributed by atoms with van der Waals surface area (Å²) < 4.78 is 4.45. The van der Waals surface area contributed by atoms with E-state index in [1.807, 2.05) is 0 Å². The maximum atomic E-state index is 2.30. The molecule has 0 atom stereocenters. The molecule has 38 heavy (non-hydrogen) atoms. The van der Waals surface area contributed by atoms with Gasteiger partial charge in [0, 0.05) is 75.0 Å². The molecule has 4 nitrogen and oxygen atoms in total. The molecule has 5 rings (SSSR count). The number of benzene rings is 3. The fraction of sp³-hybridized carbons (Fsp3) is 0.176. The minimum Gasteiger partial charge on any atom is -0.377 e. The Bertz CT molecular complexity index is 1490. The van der Waals surface area contributed by atoms with Crippen molar-refractivity contribution in [2.45, 2.75) is 13.1 Å². The SMILES string of the molecule is CN(C)c1cc[n+](Cc2cccc(-c3ccc(-c4ccccc4C[n+]4ccc(N(C)C)cc4)cc3)c2)cc1. The van der Waals surface area contributed by atoms with Crippen LogP contribution in [0.25, 0.3) is 22.3 Å². The maximum absolute atomic E-state index is 2.30. The average molecular weight is 501 g/mol. The van der Waals surface area contributed by atoms with Crippen molar-refractivity contribution in [2.24, 2.45) is 0 Å². The van der Waals surface area contributed by atoms with Gasteiger partial charge >= 0.3 is 0 Å². The van der Waals surface area contributed by atoms with Gasteiger partial charge in [-0.05, 0) is 28.3 Å². The van der Waals surface area contributed by atoms with Crippen molar-refractivity contribution >= 4 is 11.4 Å². The second kappa shape index (κ2) is 11.3. The van der Waals surface area contributed by atoms with E-state index in [1.165, 1.54) is 44.8 Å². The first-order valence-electron chi connectivity index (χ1n) is 13.1. The lowest BCUT2D eigenvalue weighted by atomic mass is 9.96. The van der Waals surface area contributed by atoms with Gasteiger partial charge in [0.15, 0.2) is 37.9 Å². The summed E-state index contributed by atoms with van der Waals surface area (Å²) in [5, 5.41) is 0. The molecule has 0 aliphatic rings. The van der Waals surface area contributed by atoms with Crippen LogP contribution in [0.5, 0.6) is 0 Å². The summed E-state index contributed by atoms with van der Waals surface area (Å²) in [6.45, 7) is 1.68. The Morgan fingerprint density at radius 3 is 1.66 bits per heavy atom. The Morgan fingerprint density at radius 2 is 1.05 bits per heavy atom. The van der Waals surface area contributed by atoms with Crippen LogP contribution >= 0.6 is 0 Å². The molecular weight excluding hydrogens is 464 g/mol. The Balaban J connectivity index is 1.33. The fourth-order valence-corrected chi connectivity index (χ4v) is 4.74. The van der Waals surface area contributed by atoms with E-state index in [-0.39, 0.29) is 0 Å². The van der Waals surface area contributed by atoms with E-state index in [9.17, 15) is 0 Å². The molecule has 3 aromatic carbocycles. The van der Waals surface area contributed by atoms with E-state index in [1.54, 1.807) is 0 Å². The van der Waals surface area contributed by atoms with Crippen molar-refractivity contribution in [1.82, 2.24) is 0 Å². The highest BCUT2D eigenvalue weighted by molar-refractivity contribution is 5.72. The monoisotopic (exact) mass is 500 g/mol. The molecule has 2 heterocycles. The molecule has 0 fully saturated rings. The zero-order chi connectivity index (χ0) is 26.5. The van der Waals surface area contributed by atoms with E-state index in [0.717, 1.165) is 13.1 Å². The third kappa shape index (κ3) is 5.92. The van der Waals surface area contributed by atoms with Crippen LogP contribution < -0.4 is 18.9 Å². The highest BCUT2D eigenvalue weighted by Gasteiger charge is 2.11. The summed E-state index contributed by atoms with van der Waals surface area (Å²) in [7, 11) is 8.27. The van der Waals surface area contributed by atoms with Crippen molar-refractivity contribution in [3.8, 4) is 22.3 Å². The van der Waals surface area contributed by atoms with E-state index < -0.39 is 0 Å². The molecule has 0 saturated heterocycles. The van der Waals surface area contributed by atoms with Gasteiger partial charge in [-0.2, -0.15) is 0 Å². The van der Waals surface area contributed by atoms with Crippen molar-refractivity contribution in [2.75, 3.05) is 38.0 Å². The van der Waals surface area contributed by atoms with Crippen molar-refractivity contribution < 1.29 is 9.13 Å². The highest BCUT2D eigenvalue weighted by atomic mass is 15.1. The van der Waals surface area contributed by atoms with E-state index in [0.29, 0.717) is 0 Å². The first kappa shape index (κ1) is 25.2. The molecule has 190 valence electrons. The van der Waals surface area contributed by atoms with Crippen molar-refractivity contribution in [3.05, 3.63) is 133 Å². The maximum Gasteiger partial charge on any atom is 0.174 e. The van der Waals surface area contributed by atoms with Crippen molar-refractivity contribution in [1.29, 1.82) is 0 Å². The lowest BCUT2D eigenvalue weighted by Gasteiger charge is -2.12. The minimum absolute atomic E-state index is 0.834. The first-order valence-corrected chi connectivity index (χ1v) is 13.1. The molecule has 0 unspecified atom stereocenters. The number of pyridine rings is 2. The van der Waals surface area contributed by atoms with E-state index >= 15 is 0 Å². The third-order valence-electron chi connectivity index (χ3n) is 6.97. The predicted molar refractivity (Wildman–Crippen MR) is 157 cm³/mol. The number of aromatic nitrogens is 2. The summed E-state index contributed by atoms with van der Waals surface area (Å²) >= 11 is 0. The summed E-state index contributed by atoms with van der Waals surface area (Å²) in [4.78, 5) is 4.24. The Labute approximate surface area is 226 Å². The van der Waals surface area contributed by atoms with Crippen LogP contribution in [0.2, 0.25) is 0 Å². The smallest absolute Gasteiger partial charge is 0.174 e. The van der Waals surface area contributed by atoms with Gasteiger partial charge < -0.3 is 9.80 Å². The van der Waals surface area contributed by atoms with Gasteiger partial charge in [0.2, 0.25) is 0 Å². The molecule has 0 N–H and O–H groups in total. The molecule has 2 aromatic heterocycles. The standard InChI is InChI=1S/C34H36N4/c1-35(2)32-16-20-37(21-17-32)25-27-8-7-10-30(24-27)28-12-14-29(15-13-28)34-11-6-5-9-31(34)26-38-22-18-33(19-23-38)36(3)4/h5-24H,25-26H2,1-4H3/q+2. The van der Waals surface area contributed by atoms with Crippen LogP contribution in [0, 0.1) is 0 Å². The topological polar surface area (TPSA) is 14.2 Å². The molecule has 0 spiro atoms. The van der Waals surface area contributed by atoms with Gasteiger partial charge in [0.05, 0.1) is 0 Å².